The first-order chi connectivity index (χ1) is 10.1. The summed E-state index contributed by atoms with van der Waals surface area (Å²) >= 11 is 0. The van der Waals surface area contributed by atoms with E-state index in [0.29, 0.717) is 18.6 Å². The predicted octanol–water partition coefficient (Wildman–Crippen LogP) is 2.18. The zero-order chi connectivity index (χ0) is 14.9. The van der Waals surface area contributed by atoms with Crippen molar-refractivity contribution in [3.8, 4) is 11.5 Å². The summed E-state index contributed by atoms with van der Waals surface area (Å²) in [7, 11) is 2.19. The van der Waals surface area contributed by atoms with Crippen molar-refractivity contribution in [2.45, 2.75) is 19.8 Å². The van der Waals surface area contributed by atoms with E-state index < -0.39 is 0 Å². The summed E-state index contributed by atoms with van der Waals surface area (Å²) in [5.74, 6) is 1.53. The number of nitrogens with two attached hydrogens (primary N) is 1. The van der Waals surface area contributed by atoms with Crippen LogP contribution in [0.1, 0.15) is 19.8 Å². The van der Waals surface area contributed by atoms with Gasteiger partial charge in [-0.05, 0) is 38.4 Å². The molecule has 2 aliphatic heterocycles. The summed E-state index contributed by atoms with van der Waals surface area (Å²) in [6.07, 6.45) is 2.42. The lowest BCUT2D eigenvalue weighted by atomic mass is 9.80. The van der Waals surface area contributed by atoms with Crippen LogP contribution in [-0.4, -0.2) is 44.8 Å². The van der Waals surface area contributed by atoms with Gasteiger partial charge in [-0.3, -0.25) is 0 Å². The van der Waals surface area contributed by atoms with Gasteiger partial charge in [0.15, 0.2) is 11.5 Å². The molecule has 1 fully saturated rings. The van der Waals surface area contributed by atoms with Crippen LogP contribution in [0.2, 0.25) is 0 Å². The Balaban J connectivity index is 1.67. The van der Waals surface area contributed by atoms with E-state index >= 15 is 0 Å². The predicted molar refractivity (Wildman–Crippen MR) is 85.2 cm³/mol. The zero-order valence-corrected chi connectivity index (χ0v) is 12.9. The molecule has 5 heteroatoms. The summed E-state index contributed by atoms with van der Waals surface area (Å²) in [6.45, 7) is 6.79. The second-order valence-corrected chi connectivity index (χ2v) is 6.55. The number of ether oxygens (including phenoxy) is 2. The van der Waals surface area contributed by atoms with Gasteiger partial charge in [-0.15, -0.1) is 0 Å². The molecule has 0 spiro atoms. The number of nitrogen functional groups attached to an aromatic ring is 1. The van der Waals surface area contributed by atoms with E-state index in [-0.39, 0.29) is 0 Å². The molecule has 116 valence electrons. The van der Waals surface area contributed by atoms with Crippen molar-refractivity contribution in [1.82, 2.24) is 4.90 Å². The number of nitrogens with zero attached hydrogens (tertiary/aromatic N) is 1. The summed E-state index contributed by atoms with van der Waals surface area (Å²) in [6, 6.07) is 3.82. The molecular weight excluding hydrogens is 266 g/mol. The van der Waals surface area contributed by atoms with E-state index in [1.807, 2.05) is 12.1 Å². The van der Waals surface area contributed by atoms with E-state index in [4.69, 9.17) is 15.2 Å². The Morgan fingerprint density at radius 2 is 1.81 bits per heavy atom. The van der Waals surface area contributed by atoms with Gasteiger partial charge in [-0.1, -0.05) is 6.92 Å². The maximum absolute atomic E-state index is 6.12. The maximum Gasteiger partial charge on any atom is 0.163 e. The van der Waals surface area contributed by atoms with Crippen molar-refractivity contribution < 1.29 is 9.47 Å². The quantitative estimate of drug-likeness (QED) is 0.836. The fourth-order valence-electron chi connectivity index (χ4n) is 2.90. The van der Waals surface area contributed by atoms with Gasteiger partial charge < -0.3 is 25.4 Å². The fourth-order valence-corrected chi connectivity index (χ4v) is 2.90. The van der Waals surface area contributed by atoms with Crippen LogP contribution in [0.5, 0.6) is 11.5 Å². The molecule has 1 aromatic carbocycles. The molecule has 0 aromatic heterocycles. The van der Waals surface area contributed by atoms with Crippen LogP contribution in [0.15, 0.2) is 12.1 Å². The van der Waals surface area contributed by atoms with Crippen molar-refractivity contribution in [2.24, 2.45) is 5.41 Å². The Morgan fingerprint density at radius 3 is 2.48 bits per heavy atom. The normalized spacial score (nSPS) is 21.0. The van der Waals surface area contributed by atoms with E-state index in [0.717, 1.165) is 42.5 Å². The Labute approximate surface area is 126 Å². The van der Waals surface area contributed by atoms with Gasteiger partial charge in [0.1, 0.15) is 13.2 Å². The average molecular weight is 291 g/mol. The van der Waals surface area contributed by atoms with E-state index in [1.54, 1.807) is 0 Å². The Hall–Kier alpha value is -1.62. The van der Waals surface area contributed by atoms with Gasteiger partial charge in [-0.25, -0.2) is 0 Å². The van der Waals surface area contributed by atoms with Gasteiger partial charge >= 0.3 is 0 Å². The fraction of sp³-hybridized carbons (Fsp3) is 0.625. The lowest BCUT2D eigenvalue weighted by Gasteiger charge is -2.38. The van der Waals surface area contributed by atoms with Crippen LogP contribution in [0.4, 0.5) is 11.4 Å². The molecule has 1 aromatic rings. The largest absolute Gasteiger partial charge is 0.486 e. The molecule has 0 amide bonds. The highest BCUT2D eigenvalue weighted by molar-refractivity contribution is 5.72. The first-order valence-electron chi connectivity index (χ1n) is 7.67. The molecule has 0 bridgehead atoms. The number of hydrogen-bond acceptors (Lipinski definition) is 5. The number of rotatable bonds is 3. The minimum absolute atomic E-state index is 0.326. The molecule has 0 saturated carbocycles. The van der Waals surface area contributed by atoms with Crippen LogP contribution in [0.25, 0.3) is 0 Å². The molecule has 2 heterocycles. The number of fused-ring (bicyclic) bond motifs is 1. The highest BCUT2D eigenvalue weighted by Gasteiger charge is 2.28. The minimum atomic E-state index is 0.326. The van der Waals surface area contributed by atoms with Crippen LogP contribution >= 0.6 is 0 Å². The molecule has 1 saturated heterocycles. The second kappa shape index (κ2) is 5.64. The van der Waals surface area contributed by atoms with Gasteiger partial charge in [0.05, 0.1) is 11.4 Å². The second-order valence-electron chi connectivity index (χ2n) is 6.55. The summed E-state index contributed by atoms with van der Waals surface area (Å²) in [4.78, 5) is 2.39. The van der Waals surface area contributed by atoms with Crippen molar-refractivity contribution in [1.29, 1.82) is 0 Å². The van der Waals surface area contributed by atoms with E-state index in [9.17, 15) is 0 Å². The number of anilines is 2. The third kappa shape index (κ3) is 3.18. The first-order valence-corrected chi connectivity index (χ1v) is 7.67. The Bertz CT molecular complexity index is 510. The third-order valence-electron chi connectivity index (χ3n) is 4.61. The van der Waals surface area contributed by atoms with E-state index in [1.165, 1.54) is 12.8 Å². The molecule has 0 radical (unpaired) electrons. The number of benzene rings is 1. The highest BCUT2D eigenvalue weighted by atomic mass is 16.6. The summed E-state index contributed by atoms with van der Waals surface area (Å²) < 4.78 is 11.2. The van der Waals surface area contributed by atoms with Crippen LogP contribution in [0, 0.1) is 5.41 Å². The standard InChI is InChI=1S/C16H25N3O2/c1-16(3-5-19(2)6-4-16)11-18-13-10-15-14(9-12(13)17)20-7-8-21-15/h9-10,18H,3-8,11,17H2,1-2H3. The maximum atomic E-state index is 6.12. The van der Waals surface area contributed by atoms with E-state index in [2.05, 4.69) is 24.2 Å². The smallest absolute Gasteiger partial charge is 0.163 e. The number of hydrogen-bond donors (Lipinski definition) is 2. The molecule has 21 heavy (non-hydrogen) atoms. The average Bonchev–Trinajstić information content (AvgIpc) is 2.49. The monoisotopic (exact) mass is 291 g/mol. The number of piperidine rings is 1. The highest BCUT2D eigenvalue weighted by Crippen LogP contribution is 2.38. The molecule has 0 atom stereocenters. The first kappa shape index (κ1) is 14.3. The molecule has 3 N–H and O–H groups in total. The van der Waals surface area contributed by atoms with Gasteiger partial charge in [0.2, 0.25) is 0 Å². The molecule has 0 aliphatic carbocycles. The van der Waals surface area contributed by atoms with Gasteiger partial charge in [-0.2, -0.15) is 0 Å². The van der Waals surface area contributed by atoms with Crippen molar-refractivity contribution in [3.05, 3.63) is 12.1 Å². The Kier molecular flexibility index (Phi) is 3.85. The minimum Gasteiger partial charge on any atom is -0.486 e. The van der Waals surface area contributed by atoms with Crippen molar-refractivity contribution >= 4 is 11.4 Å². The summed E-state index contributed by atoms with van der Waals surface area (Å²) in [5, 5.41) is 3.51. The van der Waals surface area contributed by atoms with Crippen molar-refractivity contribution in [2.75, 3.05) is 50.9 Å². The van der Waals surface area contributed by atoms with Crippen LogP contribution < -0.4 is 20.5 Å². The van der Waals surface area contributed by atoms with Crippen LogP contribution in [-0.2, 0) is 0 Å². The topological polar surface area (TPSA) is 59.8 Å². The number of nitrogens with one attached hydrogen (secondary N) is 1. The number of likely N-dealkylation sites (tertiary alicyclic amines) is 1. The molecule has 3 rings (SSSR count). The zero-order valence-electron chi connectivity index (χ0n) is 12.9. The summed E-state index contributed by atoms with van der Waals surface area (Å²) in [5.41, 5.74) is 8.11. The Morgan fingerprint density at radius 1 is 1.19 bits per heavy atom. The molecule has 0 unspecified atom stereocenters. The third-order valence-corrected chi connectivity index (χ3v) is 4.61. The molecule has 2 aliphatic rings. The lowest BCUT2D eigenvalue weighted by molar-refractivity contribution is 0.150. The van der Waals surface area contributed by atoms with Gasteiger partial charge in [0, 0.05) is 18.7 Å². The molecule has 5 nitrogen and oxygen atoms in total. The lowest BCUT2D eigenvalue weighted by Crippen LogP contribution is -2.40. The van der Waals surface area contributed by atoms with Gasteiger partial charge in [0.25, 0.3) is 0 Å². The molecular formula is C16H25N3O2. The van der Waals surface area contributed by atoms with Crippen LogP contribution in [0.3, 0.4) is 0 Å². The van der Waals surface area contributed by atoms with Crippen molar-refractivity contribution in [3.63, 3.8) is 0 Å². The SMILES string of the molecule is CN1CCC(C)(CNc2cc3c(cc2N)OCCO3)CC1.